The molecule has 2 heterocycles. The third-order valence-electron chi connectivity index (χ3n) is 7.21. The van der Waals surface area contributed by atoms with Crippen molar-refractivity contribution in [2.24, 2.45) is 5.92 Å². The molecule has 0 bridgehead atoms. The summed E-state index contributed by atoms with van der Waals surface area (Å²) < 4.78 is 0. The van der Waals surface area contributed by atoms with Gasteiger partial charge in [-0.2, -0.15) is 0 Å². The summed E-state index contributed by atoms with van der Waals surface area (Å²) >= 11 is 0. The van der Waals surface area contributed by atoms with E-state index in [0.29, 0.717) is 31.5 Å². The molecule has 0 spiro atoms. The van der Waals surface area contributed by atoms with Crippen LogP contribution < -0.4 is 5.32 Å². The van der Waals surface area contributed by atoms with Crippen molar-refractivity contribution in [2.75, 3.05) is 26.2 Å². The first kappa shape index (κ1) is 24.0. The average molecular weight is 462 g/mol. The van der Waals surface area contributed by atoms with Crippen LogP contribution in [-0.4, -0.2) is 59.7 Å². The maximum atomic E-state index is 13.5. The Hall–Kier alpha value is -3.15. The third-order valence-corrected chi connectivity index (χ3v) is 7.21. The maximum Gasteiger partial charge on any atom is 0.254 e. The summed E-state index contributed by atoms with van der Waals surface area (Å²) in [5, 5.41) is 3.07. The molecule has 2 aromatic carbocycles. The van der Waals surface area contributed by atoms with Crippen LogP contribution in [0.3, 0.4) is 0 Å². The molecular weight excluding hydrogens is 426 g/mol. The summed E-state index contributed by atoms with van der Waals surface area (Å²) in [6.45, 7) is 6.61. The minimum atomic E-state index is -0.567. The molecule has 2 aliphatic rings. The van der Waals surface area contributed by atoms with Gasteiger partial charge in [-0.05, 0) is 75.6 Å². The Labute approximate surface area is 202 Å². The Morgan fingerprint density at radius 2 is 1.47 bits per heavy atom. The highest BCUT2D eigenvalue weighted by atomic mass is 16.2. The van der Waals surface area contributed by atoms with Crippen LogP contribution in [0.25, 0.3) is 0 Å². The highest BCUT2D eigenvalue weighted by Gasteiger charge is 2.36. The minimum absolute atomic E-state index is 0.00439. The van der Waals surface area contributed by atoms with E-state index >= 15 is 0 Å². The number of aryl methyl sites for hydroxylation is 2. The number of amides is 3. The van der Waals surface area contributed by atoms with Gasteiger partial charge >= 0.3 is 0 Å². The van der Waals surface area contributed by atoms with Gasteiger partial charge in [-0.1, -0.05) is 35.9 Å². The summed E-state index contributed by atoms with van der Waals surface area (Å²) in [4.78, 5) is 43.4. The number of benzene rings is 2. The van der Waals surface area contributed by atoms with Crippen LogP contribution in [0.15, 0.2) is 48.5 Å². The van der Waals surface area contributed by atoms with Gasteiger partial charge in [0.1, 0.15) is 6.04 Å². The zero-order valence-corrected chi connectivity index (χ0v) is 20.3. The predicted molar refractivity (Wildman–Crippen MR) is 133 cm³/mol. The summed E-state index contributed by atoms with van der Waals surface area (Å²) in [6.07, 6.45) is 4.54. The van der Waals surface area contributed by atoms with Crippen LogP contribution in [0.5, 0.6) is 0 Å². The van der Waals surface area contributed by atoms with E-state index in [1.165, 1.54) is 0 Å². The second-order valence-corrected chi connectivity index (χ2v) is 9.65. The lowest BCUT2D eigenvalue weighted by molar-refractivity contribution is -0.136. The number of nitrogens with one attached hydrogen (secondary N) is 1. The minimum Gasteiger partial charge on any atom is -0.341 e. The molecule has 34 heavy (non-hydrogen) atoms. The van der Waals surface area contributed by atoms with Gasteiger partial charge in [0.25, 0.3) is 11.8 Å². The van der Waals surface area contributed by atoms with E-state index in [4.69, 9.17) is 0 Å². The number of piperidine rings is 2. The van der Waals surface area contributed by atoms with E-state index < -0.39 is 6.04 Å². The molecule has 180 valence electrons. The zero-order chi connectivity index (χ0) is 24.1. The van der Waals surface area contributed by atoms with Gasteiger partial charge in [0.2, 0.25) is 5.91 Å². The number of likely N-dealkylation sites (tertiary alicyclic amines) is 2. The average Bonchev–Trinajstić information content (AvgIpc) is 2.88. The highest BCUT2D eigenvalue weighted by Crippen LogP contribution is 2.25. The Bertz CT molecular complexity index is 1020. The lowest BCUT2D eigenvalue weighted by Gasteiger charge is -2.38. The van der Waals surface area contributed by atoms with Crippen molar-refractivity contribution in [3.05, 3.63) is 70.8 Å². The lowest BCUT2D eigenvalue weighted by Crippen LogP contribution is -2.55. The summed E-state index contributed by atoms with van der Waals surface area (Å²) in [5.41, 5.74) is 3.35. The van der Waals surface area contributed by atoms with E-state index in [-0.39, 0.29) is 23.6 Å². The fourth-order valence-electron chi connectivity index (χ4n) is 5.04. The molecule has 4 rings (SSSR count). The molecule has 6 nitrogen and oxygen atoms in total. The number of nitrogens with zero attached hydrogens (tertiary/aromatic N) is 2. The van der Waals surface area contributed by atoms with Crippen molar-refractivity contribution >= 4 is 17.7 Å². The number of carbonyl (C=O) groups is 3. The van der Waals surface area contributed by atoms with Crippen LogP contribution in [0, 0.1) is 19.8 Å². The molecule has 2 saturated heterocycles. The third kappa shape index (κ3) is 5.49. The van der Waals surface area contributed by atoms with Gasteiger partial charge in [-0.25, -0.2) is 0 Å². The molecular formula is C28H35N3O3. The fraction of sp³-hybridized carbons (Fsp3) is 0.464. The van der Waals surface area contributed by atoms with Crippen LogP contribution in [-0.2, 0) is 4.79 Å². The first-order valence-electron chi connectivity index (χ1n) is 12.5. The van der Waals surface area contributed by atoms with E-state index in [1.807, 2.05) is 60.0 Å². The molecule has 2 aliphatic heterocycles. The molecule has 2 fully saturated rings. The van der Waals surface area contributed by atoms with E-state index in [2.05, 4.69) is 5.32 Å². The predicted octanol–water partition coefficient (Wildman–Crippen LogP) is 3.97. The molecule has 0 aliphatic carbocycles. The van der Waals surface area contributed by atoms with Crippen LogP contribution in [0.2, 0.25) is 0 Å². The van der Waals surface area contributed by atoms with Gasteiger partial charge in [0.05, 0.1) is 0 Å². The van der Waals surface area contributed by atoms with Crippen LogP contribution in [0.1, 0.15) is 63.9 Å². The quantitative estimate of drug-likeness (QED) is 0.733. The van der Waals surface area contributed by atoms with E-state index in [0.717, 1.165) is 49.0 Å². The first-order valence-corrected chi connectivity index (χ1v) is 12.5. The van der Waals surface area contributed by atoms with Gasteiger partial charge in [0.15, 0.2) is 0 Å². The number of carbonyl (C=O) groups excluding carboxylic acids is 3. The van der Waals surface area contributed by atoms with Crippen molar-refractivity contribution in [2.45, 2.75) is 52.0 Å². The molecule has 0 saturated carbocycles. The van der Waals surface area contributed by atoms with Crippen LogP contribution >= 0.6 is 0 Å². The standard InChI is InChI=1S/C28H35N3O3/c1-20-10-12-23(13-11-20)26(32)29-25(28(34)30-16-6-3-7-17-30)22-14-18-31(19-15-22)27(33)24-9-5-4-8-21(24)2/h4-5,8-13,22,25H,3,6-7,14-19H2,1-2H3,(H,29,32)/t25-/m0/s1. The van der Waals surface area contributed by atoms with E-state index in [1.54, 1.807) is 12.1 Å². The molecule has 0 radical (unpaired) electrons. The SMILES string of the molecule is Cc1ccc(C(=O)N[C@H](C(=O)N2CCCCC2)C2CCN(C(=O)c3ccccc3C)CC2)cc1. The van der Waals surface area contributed by atoms with Crippen molar-refractivity contribution in [1.29, 1.82) is 0 Å². The molecule has 3 amide bonds. The normalized spacial score (nSPS) is 17.8. The molecule has 0 aromatic heterocycles. The lowest BCUT2D eigenvalue weighted by atomic mass is 9.87. The summed E-state index contributed by atoms with van der Waals surface area (Å²) in [7, 11) is 0. The van der Waals surface area contributed by atoms with Gasteiger partial charge in [0, 0.05) is 37.3 Å². The monoisotopic (exact) mass is 461 g/mol. The van der Waals surface area contributed by atoms with Gasteiger partial charge in [-0.15, -0.1) is 0 Å². The second-order valence-electron chi connectivity index (χ2n) is 9.65. The topological polar surface area (TPSA) is 69.7 Å². The number of hydrogen-bond donors (Lipinski definition) is 1. The zero-order valence-electron chi connectivity index (χ0n) is 20.3. The van der Waals surface area contributed by atoms with Crippen molar-refractivity contribution < 1.29 is 14.4 Å². The Balaban J connectivity index is 1.47. The Kier molecular flexibility index (Phi) is 7.66. The van der Waals surface area contributed by atoms with Crippen molar-refractivity contribution in [3.8, 4) is 0 Å². The van der Waals surface area contributed by atoms with Crippen LogP contribution in [0.4, 0.5) is 0 Å². The Morgan fingerprint density at radius 1 is 0.824 bits per heavy atom. The first-order chi connectivity index (χ1) is 16.4. The molecule has 2 aromatic rings. The van der Waals surface area contributed by atoms with Crippen molar-refractivity contribution in [1.82, 2.24) is 15.1 Å². The summed E-state index contributed by atoms with van der Waals surface area (Å²) in [5.74, 6) is -0.151. The Morgan fingerprint density at radius 3 is 2.12 bits per heavy atom. The number of hydrogen-bond acceptors (Lipinski definition) is 3. The second kappa shape index (κ2) is 10.9. The smallest absolute Gasteiger partial charge is 0.254 e. The molecule has 6 heteroatoms. The van der Waals surface area contributed by atoms with Crippen molar-refractivity contribution in [3.63, 3.8) is 0 Å². The van der Waals surface area contributed by atoms with Gasteiger partial charge < -0.3 is 15.1 Å². The number of rotatable bonds is 5. The molecule has 1 atom stereocenters. The maximum absolute atomic E-state index is 13.5. The van der Waals surface area contributed by atoms with E-state index in [9.17, 15) is 14.4 Å². The largest absolute Gasteiger partial charge is 0.341 e. The molecule has 0 unspecified atom stereocenters. The fourth-order valence-corrected chi connectivity index (χ4v) is 5.04. The molecule has 1 N–H and O–H groups in total. The highest BCUT2D eigenvalue weighted by molar-refractivity contribution is 5.98. The summed E-state index contributed by atoms with van der Waals surface area (Å²) in [6, 6.07) is 14.5. The van der Waals surface area contributed by atoms with Gasteiger partial charge in [-0.3, -0.25) is 14.4 Å².